The molecule has 0 saturated heterocycles. The minimum atomic E-state index is -3.41. The van der Waals surface area contributed by atoms with Crippen LogP contribution >= 0.6 is 23.4 Å². The van der Waals surface area contributed by atoms with Crippen molar-refractivity contribution in [2.24, 2.45) is 0 Å². The number of hydrogen-bond donors (Lipinski definition) is 1. The number of carbonyl (C=O) groups is 1. The molecule has 0 aliphatic rings. The molecular weight excluding hydrogens is 440 g/mol. The summed E-state index contributed by atoms with van der Waals surface area (Å²) in [5, 5.41) is 3.62. The third-order valence-electron chi connectivity index (χ3n) is 4.69. The van der Waals surface area contributed by atoms with Gasteiger partial charge in [-0.15, -0.1) is 0 Å². The molecular formula is C22H29ClN2O3S2. The number of sulfonamides is 1. The van der Waals surface area contributed by atoms with Crippen LogP contribution in [0, 0.1) is 13.8 Å². The van der Waals surface area contributed by atoms with Crippen LogP contribution in [0.15, 0.2) is 42.5 Å². The Morgan fingerprint density at radius 3 is 2.43 bits per heavy atom. The zero-order valence-electron chi connectivity index (χ0n) is 17.7. The van der Waals surface area contributed by atoms with Gasteiger partial charge >= 0.3 is 0 Å². The Morgan fingerprint density at radius 2 is 1.80 bits per heavy atom. The van der Waals surface area contributed by atoms with E-state index in [4.69, 9.17) is 11.6 Å². The molecule has 2 aromatic carbocycles. The Hall–Kier alpha value is -1.70. The molecule has 2 aromatic rings. The summed E-state index contributed by atoms with van der Waals surface area (Å²) in [6.07, 6.45) is 1.95. The van der Waals surface area contributed by atoms with E-state index >= 15 is 0 Å². The number of nitrogens with zero attached hydrogens (tertiary/aromatic N) is 1. The first kappa shape index (κ1) is 24.6. The molecule has 0 fully saturated rings. The second-order valence-corrected chi connectivity index (χ2v) is 10.7. The quantitative estimate of drug-likeness (QED) is 0.491. The van der Waals surface area contributed by atoms with Crippen molar-refractivity contribution >= 4 is 45.0 Å². The number of amides is 1. The molecule has 0 atom stereocenters. The molecule has 0 unspecified atom stereocenters. The summed E-state index contributed by atoms with van der Waals surface area (Å²) in [7, 11) is -3.41. The molecule has 30 heavy (non-hydrogen) atoms. The highest BCUT2D eigenvalue weighted by atomic mass is 35.5. The molecule has 2 rings (SSSR count). The molecule has 0 aliphatic carbocycles. The van der Waals surface area contributed by atoms with Crippen molar-refractivity contribution in [2.45, 2.75) is 32.4 Å². The summed E-state index contributed by atoms with van der Waals surface area (Å²) in [5.74, 6) is 1.62. The maximum Gasteiger partial charge on any atom is 0.232 e. The highest BCUT2D eigenvalue weighted by Crippen LogP contribution is 2.22. The number of halogens is 1. The van der Waals surface area contributed by atoms with Gasteiger partial charge in [0.1, 0.15) is 0 Å². The van der Waals surface area contributed by atoms with Gasteiger partial charge in [0.2, 0.25) is 15.9 Å². The van der Waals surface area contributed by atoms with Crippen molar-refractivity contribution in [3.05, 3.63) is 64.2 Å². The third-order valence-corrected chi connectivity index (χ3v) is 7.17. The van der Waals surface area contributed by atoms with E-state index in [0.717, 1.165) is 27.7 Å². The van der Waals surface area contributed by atoms with Crippen LogP contribution in [0.2, 0.25) is 5.02 Å². The third kappa shape index (κ3) is 8.20. The lowest BCUT2D eigenvalue weighted by molar-refractivity contribution is -0.121. The van der Waals surface area contributed by atoms with E-state index in [1.807, 2.05) is 50.2 Å². The van der Waals surface area contributed by atoms with Crippen molar-refractivity contribution in [1.82, 2.24) is 5.32 Å². The van der Waals surface area contributed by atoms with Gasteiger partial charge in [-0.3, -0.25) is 9.10 Å². The fourth-order valence-electron chi connectivity index (χ4n) is 2.87. The van der Waals surface area contributed by atoms with Gasteiger partial charge in [-0.25, -0.2) is 8.42 Å². The zero-order chi connectivity index (χ0) is 22.1. The lowest BCUT2D eigenvalue weighted by atomic mass is 10.1. The Labute approximate surface area is 189 Å². The molecule has 8 heteroatoms. The summed E-state index contributed by atoms with van der Waals surface area (Å²) in [4.78, 5) is 12.1. The summed E-state index contributed by atoms with van der Waals surface area (Å²) in [6, 6.07) is 13.3. The van der Waals surface area contributed by atoms with Gasteiger partial charge < -0.3 is 5.32 Å². The van der Waals surface area contributed by atoms with Crippen LogP contribution in [0.1, 0.15) is 29.5 Å². The fourth-order valence-corrected chi connectivity index (χ4v) is 4.77. The molecule has 0 radical (unpaired) electrons. The minimum absolute atomic E-state index is 0.0596. The number of anilines is 1. The molecule has 1 N–H and O–H groups in total. The van der Waals surface area contributed by atoms with Gasteiger partial charge in [-0.1, -0.05) is 29.8 Å². The van der Waals surface area contributed by atoms with E-state index in [9.17, 15) is 13.2 Å². The van der Waals surface area contributed by atoms with Gasteiger partial charge in [-0.2, -0.15) is 11.8 Å². The van der Waals surface area contributed by atoms with Crippen molar-refractivity contribution in [2.75, 3.05) is 29.4 Å². The first-order valence-corrected chi connectivity index (χ1v) is 13.2. The van der Waals surface area contributed by atoms with E-state index in [-0.39, 0.29) is 12.5 Å². The van der Waals surface area contributed by atoms with Gasteiger partial charge in [0.25, 0.3) is 0 Å². The van der Waals surface area contributed by atoms with Crippen LogP contribution in [0.3, 0.4) is 0 Å². The van der Waals surface area contributed by atoms with E-state index in [1.54, 1.807) is 17.8 Å². The number of rotatable bonds is 11. The topological polar surface area (TPSA) is 66.5 Å². The molecule has 0 spiro atoms. The maximum absolute atomic E-state index is 12.2. The summed E-state index contributed by atoms with van der Waals surface area (Å²) < 4.78 is 25.8. The number of hydrogen-bond acceptors (Lipinski definition) is 4. The van der Waals surface area contributed by atoms with E-state index in [2.05, 4.69) is 5.32 Å². The number of carbonyl (C=O) groups excluding carboxylic acids is 1. The van der Waals surface area contributed by atoms with E-state index in [0.29, 0.717) is 25.1 Å². The molecule has 0 saturated carbocycles. The highest BCUT2D eigenvalue weighted by molar-refractivity contribution is 7.98. The van der Waals surface area contributed by atoms with Crippen molar-refractivity contribution in [1.29, 1.82) is 0 Å². The van der Waals surface area contributed by atoms with E-state index < -0.39 is 10.0 Å². The van der Waals surface area contributed by atoms with Crippen LogP contribution in [0.5, 0.6) is 0 Å². The van der Waals surface area contributed by atoms with Crippen LogP contribution in [0.25, 0.3) is 0 Å². The molecule has 1 amide bonds. The zero-order valence-corrected chi connectivity index (χ0v) is 20.0. The largest absolute Gasteiger partial charge is 0.355 e. The van der Waals surface area contributed by atoms with Gasteiger partial charge in [0.05, 0.1) is 11.9 Å². The molecule has 5 nitrogen and oxygen atoms in total. The first-order valence-electron chi connectivity index (χ1n) is 9.80. The average molecular weight is 469 g/mol. The Kier molecular flexibility index (Phi) is 9.52. The van der Waals surface area contributed by atoms with Gasteiger partial charge in [0, 0.05) is 36.0 Å². The highest BCUT2D eigenvalue weighted by Gasteiger charge is 2.18. The number of nitrogens with one attached hydrogen (secondary N) is 1. The molecule has 0 aliphatic heterocycles. The van der Waals surface area contributed by atoms with Crippen LogP contribution in [-0.2, 0) is 20.6 Å². The standard InChI is InChI=1S/C22H29ClN2O3S2/c1-17-6-11-21(15-18(17)2)25(30(3,27)28)13-4-5-22(26)24-12-14-29-16-19-7-9-20(23)10-8-19/h6-11,15H,4-5,12-14,16H2,1-3H3,(H,24,26). The summed E-state index contributed by atoms with van der Waals surface area (Å²) >= 11 is 7.61. The number of benzene rings is 2. The van der Waals surface area contributed by atoms with Gasteiger partial charge in [0.15, 0.2) is 0 Å². The second kappa shape index (κ2) is 11.6. The second-order valence-electron chi connectivity index (χ2n) is 7.24. The molecule has 0 bridgehead atoms. The Bertz CT molecular complexity index is 947. The van der Waals surface area contributed by atoms with Crippen LogP contribution in [-0.4, -0.2) is 39.4 Å². The normalized spacial score (nSPS) is 11.3. The van der Waals surface area contributed by atoms with Crippen molar-refractivity contribution < 1.29 is 13.2 Å². The maximum atomic E-state index is 12.2. The van der Waals surface area contributed by atoms with E-state index in [1.165, 1.54) is 16.1 Å². The Balaban J connectivity index is 1.72. The lowest BCUT2D eigenvalue weighted by Crippen LogP contribution is -2.32. The van der Waals surface area contributed by atoms with Crippen molar-refractivity contribution in [3.63, 3.8) is 0 Å². The molecule has 164 valence electrons. The predicted octanol–water partition coefficient (Wildman–Crippen LogP) is 4.55. The Morgan fingerprint density at radius 1 is 1.10 bits per heavy atom. The number of aryl methyl sites for hydroxylation is 2. The van der Waals surface area contributed by atoms with Gasteiger partial charge in [-0.05, 0) is 61.2 Å². The molecule has 0 aromatic heterocycles. The summed E-state index contributed by atoms with van der Waals surface area (Å²) in [6.45, 7) is 4.81. The van der Waals surface area contributed by atoms with Crippen LogP contribution < -0.4 is 9.62 Å². The SMILES string of the molecule is Cc1ccc(N(CCCC(=O)NCCSCc2ccc(Cl)cc2)S(C)(=O)=O)cc1C. The van der Waals surface area contributed by atoms with Crippen molar-refractivity contribution in [3.8, 4) is 0 Å². The minimum Gasteiger partial charge on any atom is -0.355 e. The molecule has 0 heterocycles. The lowest BCUT2D eigenvalue weighted by Gasteiger charge is -2.23. The average Bonchev–Trinajstić information content (AvgIpc) is 2.68. The number of thioether (sulfide) groups is 1. The summed E-state index contributed by atoms with van der Waals surface area (Å²) in [5.41, 5.74) is 3.98. The van der Waals surface area contributed by atoms with Crippen LogP contribution in [0.4, 0.5) is 5.69 Å². The first-order chi connectivity index (χ1) is 14.2. The smallest absolute Gasteiger partial charge is 0.232 e. The predicted molar refractivity (Wildman–Crippen MR) is 128 cm³/mol. The monoisotopic (exact) mass is 468 g/mol. The fraction of sp³-hybridized carbons (Fsp3) is 0.409.